The van der Waals surface area contributed by atoms with Gasteiger partial charge in [-0.25, -0.2) is 13.2 Å². The summed E-state index contributed by atoms with van der Waals surface area (Å²) in [5.41, 5.74) is 0.0515. The molecule has 0 fully saturated rings. The maximum Gasteiger partial charge on any atom is 0.194 e. The first-order valence-corrected chi connectivity index (χ1v) is 5.63. The van der Waals surface area contributed by atoms with Crippen molar-refractivity contribution in [2.24, 2.45) is 0 Å². The van der Waals surface area contributed by atoms with Crippen LogP contribution in [0.4, 0.5) is 18.9 Å². The minimum absolute atomic E-state index is 0.0515. The van der Waals surface area contributed by atoms with E-state index in [4.69, 9.17) is 17.0 Å². The van der Waals surface area contributed by atoms with Crippen LogP contribution in [0.25, 0.3) is 0 Å². The Balaban J connectivity index is 2.49. The second-order valence-corrected chi connectivity index (χ2v) is 3.89. The number of benzene rings is 1. The summed E-state index contributed by atoms with van der Waals surface area (Å²) >= 11 is 4.90. The van der Waals surface area contributed by atoms with Crippen LogP contribution in [0.15, 0.2) is 12.1 Å². The van der Waals surface area contributed by atoms with E-state index < -0.39 is 17.5 Å². The molecule has 3 nitrogen and oxygen atoms in total. The van der Waals surface area contributed by atoms with Gasteiger partial charge in [-0.05, 0) is 18.6 Å². The van der Waals surface area contributed by atoms with Crippen molar-refractivity contribution in [3.63, 3.8) is 0 Å². The Morgan fingerprint density at radius 3 is 2.44 bits per heavy atom. The zero-order valence-electron chi connectivity index (χ0n) is 9.73. The van der Waals surface area contributed by atoms with E-state index in [1.165, 1.54) is 0 Å². The van der Waals surface area contributed by atoms with Crippen LogP contribution < -0.4 is 10.6 Å². The van der Waals surface area contributed by atoms with E-state index in [-0.39, 0.29) is 10.8 Å². The maximum atomic E-state index is 12.9. The topological polar surface area (TPSA) is 33.3 Å². The molecule has 0 aliphatic heterocycles. The minimum Gasteiger partial charge on any atom is -0.385 e. The van der Waals surface area contributed by atoms with Crippen molar-refractivity contribution in [3.8, 4) is 0 Å². The molecular formula is C11H13F3N2OS. The first kappa shape index (κ1) is 14.7. The second kappa shape index (κ2) is 7.17. The summed E-state index contributed by atoms with van der Waals surface area (Å²) < 4.78 is 43.4. The Labute approximate surface area is 108 Å². The second-order valence-electron chi connectivity index (χ2n) is 3.48. The van der Waals surface area contributed by atoms with Crippen molar-refractivity contribution >= 4 is 23.0 Å². The lowest BCUT2D eigenvalue weighted by atomic mass is 10.3. The Kier molecular flexibility index (Phi) is 5.87. The summed E-state index contributed by atoms with van der Waals surface area (Å²) in [4.78, 5) is 0. The lowest BCUT2D eigenvalue weighted by Crippen LogP contribution is -2.29. The van der Waals surface area contributed by atoms with E-state index in [0.717, 1.165) is 18.6 Å². The van der Waals surface area contributed by atoms with E-state index in [1.807, 2.05) is 0 Å². The lowest BCUT2D eigenvalue weighted by molar-refractivity contribution is 0.196. The fourth-order valence-electron chi connectivity index (χ4n) is 1.22. The number of rotatable bonds is 5. The molecular weight excluding hydrogens is 265 g/mol. The van der Waals surface area contributed by atoms with Crippen molar-refractivity contribution in [1.82, 2.24) is 5.32 Å². The van der Waals surface area contributed by atoms with Gasteiger partial charge in [0.05, 0.1) is 0 Å². The fraction of sp³-hybridized carbons (Fsp3) is 0.364. The molecule has 0 unspecified atom stereocenters. The van der Waals surface area contributed by atoms with Gasteiger partial charge < -0.3 is 15.4 Å². The standard InChI is InChI=1S/C11H13F3N2OS/c1-17-4-2-3-15-11(18)16-7-5-8(12)10(14)9(13)6-7/h5-6H,2-4H2,1H3,(H2,15,16,18). The van der Waals surface area contributed by atoms with Crippen LogP contribution in [0.3, 0.4) is 0 Å². The van der Waals surface area contributed by atoms with Crippen LogP contribution in [-0.2, 0) is 4.74 Å². The fourth-order valence-corrected chi connectivity index (χ4v) is 1.44. The molecule has 2 N–H and O–H groups in total. The highest BCUT2D eigenvalue weighted by atomic mass is 32.1. The van der Waals surface area contributed by atoms with Crippen molar-refractivity contribution in [2.45, 2.75) is 6.42 Å². The van der Waals surface area contributed by atoms with Gasteiger partial charge in [0, 0.05) is 38.1 Å². The first-order chi connectivity index (χ1) is 8.54. The van der Waals surface area contributed by atoms with Gasteiger partial charge in [0.1, 0.15) is 0 Å². The molecule has 0 saturated heterocycles. The Bertz CT molecular complexity index is 406. The van der Waals surface area contributed by atoms with Gasteiger partial charge in [0.15, 0.2) is 22.6 Å². The number of methoxy groups -OCH3 is 1. The molecule has 0 saturated carbocycles. The van der Waals surface area contributed by atoms with Crippen molar-refractivity contribution in [2.75, 3.05) is 25.6 Å². The molecule has 0 radical (unpaired) electrons. The maximum absolute atomic E-state index is 12.9. The molecule has 1 rings (SSSR count). The quantitative estimate of drug-likeness (QED) is 0.492. The van der Waals surface area contributed by atoms with Gasteiger partial charge in [-0.2, -0.15) is 0 Å². The predicted molar refractivity (Wildman–Crippen MR) is 67.0 cm³/mol. The Hall–Kier alpha value is -1.34. The first-order valence-electron chi connectivity index (χ1n) is 5.23. The van der Waals surface area contributed by atoms with E-state index in [2.05, 4.69) is 10.6 Å². The normalized spacial score (nSPS) is 10.2. The van der Waals surface area contributed by atoms with Gasteiger partial charge in [-0.15, -0.1) is 0 Å². The molecule has 7 heteroatoms. The molecule has 0 amide bonds. The third-order valence-corrected chi connectivity index (χ3v) is 2.30. The molecule has 18 heavy (non-hydrogen) atoms. The third kappa shape index (κ3) is 4.50. The highest BCUT2D eigenvalue weighted by Crippen LogP contribution is 2.17. The van der Waals surface area contributed by atoms with E-state index in [0.29, 0.717) is 13.2 Å². The SMILES string of the molecule is COCCCNC(=S)Nc1cc(F)c(F)c(F)c1. The molecule has 0 atom stereocenters. The number of thiocarbonyl (C=S) groups is 1. The van der Waals surface area contributed by atoms with Gasteiger partial charge in [0.2, 0.25) is 0 Å². The summed E-state index contributed by atoms with van der Waals surface area (Å²) in [6.07, 6.45) is 0.741. The third-order valence-electron chi connectivity index (χ3n) is 2.05. The monoisotopic (exact) mass is 278 g/mol. The number of nitrogens with one attached hydrogen (secondary N) is 2. The van der Waals surface area contributed by atoms with Crippen LogP contribution in [0.5, 0.6) is 0 Å². The van der Waals surface area contributed by atoms with Crippen LogP contribution in [0, 0.1) is 17.5 Å². The minimum atomic E-state index is -1.50. The molecule has 1 aromatic carbocycles. The largest absolute Gasteiger partial charge is 0.385 e. The number of anilines is 1. The molecule has 0 spiro atoms. The molecule has 100 valence electrons. The van der Waals surface area contributed by atoms with Crippen molar-refractivity contribution in [3.05, 3.63) is 29.6 Å². The number of hydrogen-bond donors (Lipinski definition) is 2. The van der Waals surface area contributed by atoms with Gasteiger partial charge in [0.25, 0.3) is 0 Å². The van der Waals surface area contributed by atoms with Crippen LogP contribution in [0.1, 0.15) is 6.42 Å². The predicted octanol–water partition coefficient (Wildman–Crippen LogP) is 2.43. The Morgan fingerprint density at radius 2 is 1.89 bits per heavy atom. The zero-order chi connectivity index (χ0) is 13.5. The van der Waals surface area contributed by atoms with Crippen molar-refractivity contribution < 1.29 is 17.9 Å². The molecule has 0 aromatic heterocycles. The number of ether oxygens (including phenoxy) is 1. The van der Waals surface area contributed by atoms with Gasteiger partial charge in [-0.3, -0.25) is 0 Å². The highest BCUT2D eigenvalue weighted by molar-refractivity contribution is 7.80. The summed E-state index contributed by atoms with van der Waals surface area (Å²) in [6.45, 7) is 1.14. The molecule has 0 aliphatic rings. The molecule has 0 heterocycles. The van der Waals surface area contributed by atoms with E-state index in [9.17, 15) is 13.2 Å². The highest BCUT2D eigenvalue weighted by Gasteiger charge is 2.10. The molecule has 0 aliphatic carbocycles. The van der Waals surface area contributed by atoms with Crippen LogP contribution in [0.2, 0.25) is 0 Å². The number of halogens is 3. The van der Waals surface area contributed by atoms with Crippen LogP contribution >= 0.6 is 12.2 Å². The molecule has 1 aromatic rings. The van der Waals surface area contributed by atoms with E-state index >= 15 is 0 Å². The average molecular weight is 278 g/mol. The zero-order valence-corrected chi connectivity index (χ0v) is 10.5. The lowest BCUT2D eigenvalue weighted by Gasteiger charge is -2.10. The summed E-state index contributed by atoms with van der Waals surface area (Å²) in [5.74, 6) is -4.03. The van der Waals surface area contributed by atoms with Crippen LogP contribution in [-0.4, -0.2) is 25.4 Å². The summed E-state index contributed by atoms with van der Waals surface area (Å²) in [5, 5.41) is 5.59. The van der Waals surface area contributed by atoms with E-state index in [1.54, 1.807) is 7.11 Å². The summed E-state index contributed by atoms with van der Waals surface area (Å²) in [6, 6.07) is 1.67. The molecule has 0 bridgehead atoms. The Morgan fingerprint density at radius 1 is 1.28 bits per heavy atom. The van der Waals surface area contributed by atoms with Gasteiger partial charge in [-0.1, -0.05) is 0 Å². The van der Waals surface area contributed by atoms with Gasteiger partial charge >= 0.3 is 0 Å². The number of hydrogen-bond acceptors (Lipinski definition) is 2. The summed E-state index contributed by atoms with van der Waals surface area (Å²) in [7, 11) is 1.58. The average Bonchev–Trinajstić information content (AvgIpc) is 2.31. The van der Waals surface area contributed by atoms with Crippen molar-refractivity contribution in [1.29, 1.82) is 0 Å². The smallest absolute Gasteiger partial charge is 0.194 e.